The van der Waals surface area contributed by atoms with E-state index in [1.54, 1.807) is 13.1 Å². The van der Waals surface area contributed by atoms with Crippen molar-refractivity contribution < 1.29 is 4.74 Å². The first kappa shape index (κ1) is 15.8. The molecule has 0 atom stereocenters. The Hall–Kier alpha value is -3.06. The summed E-state index contributed by atoms with van der Waals surface area (Å²) in [6.07, 6.45) is 1.54. The summed E-state index contributed by atoms with van der Waals surface area (Å²) >= 11 is 5.03. The molecule has 0 aliphatic heterocycles. The van der Waals surface area contributed by atoms with Crippen LogP contribution in [0.2, 0.25) is 0 Å². The summed E-state index contributed by atoms with van der Waals surface area (Å²) in [6.45, 7) is 1.59. The number of rotatable bonds is 4. The van der Waals surface area contributed by atoms with Crippen LogP contribution in [0.15, 0.2) is 64.5 Å². The molecule has 0 fully saturated rings. The molecule has 0 bridgehead atoms. The lowest BCUT2D eigenvalue weighted by Gasteiger charge is -2.05. The number of para-hydroxylation sites is 1. The topological polar surface area (TPSA) is 72.3 Å². The molecule has 3 aromatic rings. The van der Waals surface area contributed by atoms with Gasteiger partial charge in [-0.25, -0.2) is 0 Å². The van der Waals surface area contributed by atoms with Crippen molar-refractivity contribution in [3.63, 3.8) is 0 Å². The van der Waals surface area contributed by atoms with Crippen LogP contribution >= 0.6 is 12.2 Å². The third-order valence-corrected chi connectivity index (χ3v) is 3.44. The summed E-state index contributed by atoms with van der Waals surface area (Å²) in [7, 11) is 0. The molecule has 0 radical (unpaired) electrons. The Morgan fingerprint density at radius 1 is 1.17 bits per heavy atom. The van der Waals surface area contributed by atoms with Crippen molar-refractivity contribution in [3.05, 3.63) is 81.0 Å². The highest BCUT2D eigenvalue weighted by molar-refractivity contribution is 7.71. The van der Waals surface area contributed by atoms with Crippen molar-refractivity contribution in [1.29, 1.82) is 0 Å². The van der Waals surface area contributed by atoms with Crippen LogP contribution in [-0.4, -0.2) is 21.1 Å². The Balaban J connectivity index is 1.87. The third kappa shape index (κ3) is 3.64. The number of nitrogens with one attached hydrogen (secondary N) is 1. The van der Waals surface area contributed by atoms with Gasteiger partial charge in [0.1, 0.15) is 17.2 Å². The van der Waals surface area contributed by atoms with Crippen LogP contribution in [0, 0.1) is 11.7 Å². The van der Waals surface area contributed by atoms with E-state index in [1.807, 2.05) is 54.6 Å². The minimum atomic E-state index is -0.355. The number of ether oxygens (including phenoxy) is 1. The van der Waals surface area contributed by atoms with Gasteiger partial charge in [-0.1, -0.05) is 30.3 Å². The van der Waals surface area contributed by atoms with Gasteiger partial charge < -0.3 is 4.74 Å². The summed E-state index contributed by atoms with van der Waals surface area (Å²) < 4.78 is 7.01. The summed E-state index contributed by atoms with van der Waals surface area (Å²) in [5.41, 5.74) is 0.716. The zero-order valence-electron chi connectivity index (χ0n) is 12.8. The van der Waals surface area contributed by atoms with Crippen LogP contribution in [0.4, 0.5) is 0 Å². The molecule has 0 spiro atoms. The maximum Gasteiger partial charge on any atom is 0.296 e. The van der Waals surface area contributed by atoms with Gasteiger partial charge in [0.15, 0.2) is 0 Å². The number of aromatic amines is 1. The van der Waals surface area contributed by atoms with E-state index in [4.69, 9.17) is 17.0 Å². The second-order valence-electron chi connectivity index (χ2n) is 4.96. The quantitative estimate of drug-likeness (QED) is 0.585. The zero-order chi connectivity index (χ0) is 16.9. The van der Waals surface area contributed by atoms with Crippen LogP contribution in [0.3, 0.4) is 0 Å². The molecule has 1 N–H and O–H groups in total. The van der Waals surface area contributed by atoms with Crippen LogP contribution in [0.5, 0.6) is 11.5 Å². The van der Waals surface area contributed by atoms with Gasteiger partial charge in [0.25, 0.3) is 5.56 Å². The molecule has 0 saturated carbocycles. The Morgan fingerprint density at radius 2 is 1.92 bits per heavy atom. The molecule has 0 aliphatic carbocycles. The lowest BCUT2D eigenvalue weighted by atomic mass is 10.2. The van der Waals surface area contributed by atoms with E-state index in [2.05, 4.69) is 15.3 Å². The molecule has 1 aromatic heterocycles. The second-order valence-corrected chi connectivity index (χ2v) is 5.35. The van der Waals surface area contributed by atoms with Gasteiger partial charge in [0.05, 0.1) is 6.21 Å². The fraction of sp³-hybridized carbons (Fsp3) is 0.0588. The van der Waals surface area contributed by atoms with Crippen LogP contribution in [0.1, 0.15) is 11.3 Å². The molecule has 6 nitrogen and oxygen atoms in total. The molecule has 24 heavy (non-hydrogen) atoms. The minimum absolute atomic E-state index is 0.138. The summed E-state index contributed by atoms with van der Waals surface area (Å²) in [5, 5.41) is 10.5. The second kappa shape index (κ2) is 7.01. The lowest BCUT2D eigenvalue weighted by molar-refractivity contribution is 0.482. The van der Waals surface area contributed by atoms with Crippen molar-refractivity contribution in [1.82, 2.24) is 14.9 Å². The van der Waals surface area contributed by atoms with Gasteiger partial charge in [0, 0.05) is 0 Å². The Morgan fingerprint density at radius 3 is 2.71 bits per heavy atom. The van der Waals surface area contributed by atoms with Crippen molar-refractivity contribution in [2.75, 3.05) is 0 Å². The molecule has 0 unspecified atom stereocenters. The average molecular weight is 338 g/mol. The first-order chi connectivity index (χ1) is 11.6. The Bertz CT molecular complexity index is 993. The summed E-state index contributed by atoms with van der Waals surface area (Å²) in [4.78, 5) is 12.0. The first-order valence-electron chi connectivity index (χ1n) is 7.19. The highest BCUT2D eigenvalue weighted by Gasteiger charge is 2.01. The molecule has 3 rings (SSSR count). The van der Waals surface area contributed by atoms with E-state index < -0.39 is 0 Å². The van der Waals surface area contributed by atoms with Gasteiger partial charge in [-0.05, 0) is 49.0 Å². The van der Waals surface area contributed by atoms with Gasteiger partial charge in [0.2, 0.25) is 4.77 Å². The fourth-order valence-electron chi connectivity index (χ4n) is 1.98. The lowest BCUT2D eigenvalue weighted by Crippen LogP contribution is -2.22. The molecule has 0 aliphatic rings. The number of hydrogen-bond donors (Lipinski definition) is 1. The number of aromatic nitrogens is 3. The standard InChI is InChI=1S/C17H14N4O2S/c1-12-16(22)21(17(24)20-19-12)18-11-13-6-5-9-15(10-13)23-14-7-3-2-4-8-14/h2-11H,1H3,(H,20,24). The monoisotopic (exact) mass is 338 g/mol. The van der Waals surface area contributed by atoms with Crippen molar-refractivity contribution in [2.45, 2.75) is 6.92 Å². The molecular weight excluding hydrogens is 324 g/mol. The van der Waals surface area contributed by atoms with E-state index in [-0.39, 0.29) is 10.3 Å². The van der Waals surface area contributed by atoms with Gasteiger partial charge in [-0.15, -0.1) is 0 Å². The molecule has 2 aromatic carbocycles. The maximum absolute atomic E-state index is 12.0. The van der Waals surface area contributed by atoms with Gasteiger partial charge >= 0.3 is 0 Å². The predicted octanol–water partition coefficient (Wildman–Crippen LogP) is 3.28. The zero-order valence-corrected chi connectivity index (χ0v) is 13.7. The highest BCUT2D eigenvalue weighted by Crippen LogP contribution is 2.21. The minimum Gasteiger partial charge on any atom is -0.457 e. The first-order valence-corrected chi connectivity index (χ1v) is 7.60. The smallest absolute Gasteiger partial charge is 0.296 e. The van der Waals surface area contributed by atoms with Crippen molar-refractivity contribution >= 4 is 18.4 Å². The van der Waals surface area contributed by atoms with Crippen molar-refractivity contribution in [3.8, 4) is 11.5 Å². The van der Waals surface area contributed by atoms with Crippen LogP contribution in [0.25, 0.3) is 0 Å². The number of H-pyrrole nitrogens is 1. The Labute approximate surface area is 143 Å². The molecule has 0 saturated heterocycles. The van der Waals surface area contributed by atoms with Gasteiger partial charge in [-0.2, -0.15) is 14.9 Å². The summed E-state index contributed by atoms with van der Waals surface area (Å²) in [5.74, 6) is 1.42. The number of nitrogens with zero attached hydrogens (tertiary/aromatic N) is 3. The molecule has 7 heteroatoms. The Kier molecular flexibility index (Phi) is 4.62. The molecule has 1 heterocycles. The average Bonchev–Trinajstić information content (AvgIpc) is 2.60. The fourth-order valence-corrected chi connectivity index (χ4v) is 2.16. The van der Waals surface area contributed by atoms with E-state index >= 15 is 0 Å². The molecule has 0 amide bonds. The number of hydrogen-bond acceptors (Lipinski definition) is 5. The third-order valence-electron chi connectivity index (χ3n) is 3.17. The summed E-state index contributed by atoms with van der Waals surface area (Å²) in [6, 6.07) is 16.9. The predicted molar refractivity (Wildman–Crippen MR) is 94.4 cm³/mol. The van der Waals surface area contributed by atoms with Gasteiger partial charge in [-0.3, -0.25) is 9.89 Å². The normalized spacial score (nSPS) is 10.9. The molecule has 120 valence electrons. The molecular formula is C17H14N4O2S. The van der Waals surface area contributed by atoms with Crippen LogP contribution in [-0.2, 0) is 0 Å². The van der Waals surface area contributed by atoms with E-state index in [0.717, 1.165) is 16.0 Å². The van der Waals surface area contributed by atoms with Crippen LogP contribution < -0.4 is 10.3 Å². The highest BCUT2D eigenvalue weighted by atomic mass is 32.1. The van der Waals surface area contributed by atoms with E-state index in [1.165, 1.54) is 0 Å². The van der Waals surface area contributed by atoms with Crippen molar-refractivity contribution in [2.24, 2.45) is 5.10 Å². The largest absolute Gasteiger partial charge is 0.457 e. The number of benzene rings is 2. The van der Waals surface area contributed by atoms with E-state index in [9.17, 15) is 4.79 Å². The number of aryl methyl sites for hydroxylation is 1. The SMILES string of the molecule is Cc1n[nH]c(=S)n(N=Cc2cccc(Oc3ccccc3)c2)c1=O. The van der Waals surface area contributed by atoms with E-state index in [0.29, 0.717) is 11.4 Å². The maximum atomic E-state index is 12.0.